The summed E-state index contributed by atoms with van der Waals surface area (Å²) in [6.07, 6.45) is 11.4. The number of rotatable bonds is 5. The van der Waals surface area contributed by atoms with E-state index in [1.165, 1.54) is 32.4 Å². The number of carbonyl (C=O) groups excluding carboxylic acids is 1. The summed E-state index contributed by atoms with van der Waals surface area (Å²) < 4.78 is 11.2. The van der Waals surface area contributed by atoms with Gasteiger partial charge in [-0.15, -0.1) is 0 Å². The zero-order chi connectivity index (χ0) is 21.2. The highest BCUT2D eigenvalue weighted by Crippen LogP contribution is 2.19. The quantitative estimate of drug-likeness (QED) is 0.640. The second-order valence-electron chi connectivity index (χ2n) is 9.12. The number of hydrogen-bond donors (Lipinski definition) is 0. The average molecular weight is 395 g/mol. The Morgan fingerprint density at radius 1 is 1.25 bits per heavy atom. The largest absolute Gasteiger partial charge is 0.491 e. The van der Waals surface area contributed by atoms with Crippen molar-refractivity contribution in [2.24, 2.45) is 5.92 Å². The highest BCUT2D eigenvalue weighted by molar-refractivity contribution is 5.68. The Bertz CT molecular complexity index is 512. The fourth-order valence-electron chi connectivity index (χ4n) is 3.07. The molecule has 0 unspecified atom stereocenters. The minimum atomic E-state index is -0.401. The number of ether oxygens (including phenoxy) is 2. The summed E-state index contributed by atoms with van der Waals surface area (Å²) in [4.78, 5) is 15.7. The van der Waals surface area contributed by atoms with Crippen molar-refractivity contribution in [3.63, 3.8) is 0 Å². The summed E-state index contributed by atoms with van der Waals surface area (Å²) in [5.41, 5.74) is -0.401. The van der Waals surface area contributed by atoms with Crippen LogP contribution in [0.3, 0.4) is 0 Å². The zero-order valence-corrected chi connectivity index (χ0v) is 19.2. The number of piperidine rings is 1. The van der Waals surface area contributed by atoms with Crippen LogP contribution in [0.2, 0.25) is 0 Å². The maximum atomic E-state index is 11.6. The molecule has 0 saturated carbocycles. The zero-order valence-electron chi connectivity index (χ0n) is 19.2. The lowest BCUT2D eigenvalue weighted by atomic mass is 10.1. The molecule has 162 valence electrons. The Morgan fingerprint density at radius 3 is 2.36 bits per heavy atom. The maximum absolute atomic E-state index is 11.6. The molecular formula is C23H42N2O3. The van der Waals surface area contributed by atoms with Gasteiger partial charge in [-0.3, -0.25) is 0 Å². The van der Waals surface area contributed by atoms with E-state index in [4.69, 9.17) is 9.47 Å². The highest BCUT2D eigenvalue weighted by atomic mass is 16.6. The molecule has 2 aliphatic rings. The lowest BCUT2D eigenvalue weighted by Crippen LogP contribution is -2.38. The summed E-state index contributed by atoms with van der Waals surface area (Å²) in [5.74, 6) is 1.56. The van der Waals surface area contributed by atoms with Crippen LogP contribution in [0.25, 0.3) is 0 Å². The van der Waals surface area contributed by atoms with Crippen LogP contribution in [0, 0.1) is 5.92 Å². The molecule has 0 aromatic heterocycles. The first-order chi connectivity index (χ1) is 13.1. The average Bonchev–Trinajstić information content (AvgIpc) is 2.61. The van der Waals surface area contributed by atoms with E-state index in [2.05, 4.69) is 44.0 Å². The molecule has 1 aliphatic heterocycles. The van der Waals surface area contributed by atoms with Crippen LogP contribution in [-0.2, 0) is 9.47 Å². The predicted molar refractivity (Wildman–Crippen MR) is 116 cm³/mol. The number of allylic oxidation sites excluding steroid dienone is 3. The number of amides is 1. The molecule has 1 amide bonds. The molecule has 2 rings (SSSR count). The van der Waals surface area contributed by atoms with Crippen molar-refractivity contribution in [3.05, 3.63) is 24.0 Å². The molecule has 28 heavy (non-hydrogen) atoms. The van der Waals surface area contributed by atoms with Crippen molar-refractivity contribution in [2.75, 3.05) is 33.2 Å². The van der Waals surface area contributed by atoms with Crippen LogP contribution < -0.4 is 0 Å². The Morgan fingerprint density at radius 2 is 1.89 bits per heavy atom. The normalized spacial score (nSPS) is 18.2. The monoisotopic (exact) mass is 394 g/mol. The van der Waals surface area contributed by atoms with E-state index >= 15 is 0 Å². The van der Waals surface area contributed by atoms with Crippen LogP contribution in [0.15, 0.2) is 24.0 Å². The Labute approximate surface area is 172 Å². The van der Waals surface area contributed by atoms with Crippen LogP contribution in [0.4, 0.5) is 4.79 Å². The third kappa shape index (κ3) is 10.7. The molecular weight excluding hydrogens is 352 g/mol. The van der Waals surface area contributed by atoms with E-state index in [-0.39, 0.29) is 6.09 Å². The maximum Gasteiger partial charge on any atom is 0.410 e. The van der Waals surface area contributed by atoms with Gasteiger partial charge >= 0.3 is 6.09 Å². The molecule has 1 aliphatic carbocycles. The predicted octanol–water partition coefficient (Wildman–Crippen LogP) is 5.23. The van der Waals surface area contributed by atoms with Crippen LogP contribution in [0.1, 0.15) is 67.2 Å². The molecule has 0 N–H and O–H groups in total. The number of carbonyl (C=O) groups is 1. The van der Waals surface area contributed by atoms with Crippen molar-refractivity contribution < 1.29 is 14.3 Å². The van der Waals surface area contributed by atoms with E-state index in [1.54, 1.807) is 4.90 Å². The summed E-state index contributed by atoms with van der Waals surface area (Å²) in [7, 11) is 2.18. The van der Waals surface area contributed by atoms with E-state index < -0.39 is 5.60 Å². The van der Waals surface area contributed by atoms with Gasteiger partial charge in [-0.05, 0) is 78.5 Å². The fraction of sp³-hybridized carbons (Fsp3) is 0.783. The Kier molecular flexibility index (Phi) is 10.7. The van der Waals surface area contributed by atoms with E-state index in [1.807, 2.05) is 27.7 Å². The van der Waals surface area contributed by atoms with Gasteiger partial charge in [0.1, 0.15) is 17.5 Å². The van der Waals surface area contributed by atoms with Crippen LogP contribution >= 0.6 is 0 Å². The highest BCUT2D eigenvalue weighted by Gasteiger charge is 2.21. The molecule has 0 atom stereocenters. The van der Waals surface area contributed by atoms with Crippen molar-refractivity contribution in [1.82, 2.24) is 9.80 Å². The summed E-state index contributed by atoms with van der Waals surface area (Å²) in [6.45, 7) is 15.6. The van der Waals surface area contributed by atoms with E-state index in [0.717, 1.165) is 18.7 Å². The molecule has 0 aromatic rings. The third-order valence-corrected chi connectivity index (χ3v) is 4.55. The second kappa shape index (κ2) is 12.2. The lowest BCUT2D eigenvalue weighted by Gasteiger charge is -2.29. The number of hydrogen-bond acceptors (Lipinski definition) is 4. The van der Waals surface area contributed by atoms with Crippen molar-refractivity contribution in [3.8, 4) is 0 Å². The molecule has 0 spiro atoms. The molecule has 1 saturated heterocycles. The Balaban J connectivity index is 0.000000280. The van der Waals surface area contributed by atoms with Crippen molar-refractivity contribution in [1.29, 1.82) is 0 Å². The summed E-state index contributed by atoms with van der Waals surface area (Å²) in [6, 6.07) is 0. The van der Waals surface area contributed by atoms with Gasteiger partial charge in [-0.2, -0.15) is 0 Å². The van der Waals surface area contributed by atoms with E-state index in [0.29, 0.717) is 18.6 Å². The summed E-state index contributed by atoms with van der Waals surface area (Å²) >= 11 is 0. The summed E-state index contributed by atoms with van der Waals surface area (Å²) in [5, 5.41) is 0. The van der Waals surface area contributed by atoms with Crippen LogP contribution in [-0.4, -0.2) is 60.8 Å². The Hall–Kier alpha value is -1.49. The molecule has 0 aromatic carbocycles. The van der Waals surface area contributed by atoms with E-state index in [9.17, 15) is 4.79 Å². The molecule has 5 nitrogen and oxygen atoms in total. The topological polar surface area (TPSA) is 42.0 Å². The first kappa shape index (κ1) is 24.5. The number of likely N-dealkylation sites (tertiary alicyclic amines) is 1. The van der Waals surface area contributed by atoms with Gasteiger partial charge in [0.25, 0.3) is 0 Å². The van der Waals surface area contributed by atoms with Gasteiger partial charge in [-0.25, -0.2) is 4.79 Å². The molecule has 0 bridgehead atoms. The fourth-order valence-corrected chi connectivity index (χ4v) is 3.07. The standard InChI is InChI=1S/C12H19NO.C11H23NO2/c1-13-9-7-12(8-10-13)14-11-5-3-2-4-6-11;1-7-12(8-9(2)3)10(13)14-11(4,5)6/h3,5-6,12H,2,4,7-10H2,1H3;9H,7-8H2,1-6H3. The van der Waals surface area contributed by atoms with Gasteiger partial charge in [0.2, 0.25) is 0 Å². The van der Waals surface area contributed by atoms with Gasteiger partial charge in [0.15, 0.2) is 0 Å². The van der Waals surface area contributed by atoms with Crippen molar-refractivity contribution >= 4 is 6.09 Å². The SMILES string of the molecule is CCN(CC(C)C)C(=O)OC(C)(C)C.CN1CCC(OC2=CCCC=C2)CC1. The molecule has 5 heteroatoms. The smallest absolute Gasteiger partial charge is 0.410 e. The third-order valence-electron chi connectivity index (χ3n) is 4.55. The van der Waals surface area contributed by atoms with Crippen LogP contribution in [0.5, 0.6) is 0 Å². The number of nitrogens with zero attached hydrogens (tertiary/aromatic N) is 2. The second-order valence-corrected chi connectivity index (χ2v) is 9.12. The van der Waals surface area contributed by atoms with Gasteiger partial charge in [0.05, 0.1) is 0 Å². The van der Waals surface area contributed by atoms with Gasteiger partial charge in [-0.1, -0.05) is 19.9 Å². The molecule has 0 radical (unpaired) electrons. The lowest BCUT2D eigenvalue weighted by molar-refractivity contribution is 0.0239. The molecule has 1 heterocycles. The van der Waals surface area contributed by atoms with Gasteiger partial charge in [0, 0.05) is 26.2 Å². The minimum Gasteiger partial charge on any atom is -0.491 e. The first-order valence-corrected chi connectivity index (χ1v) is 10.8. The van der Waals surface area contributed by atoms with Crippen molar-refractivity contribution in [2.45, 2.75) is 78.9 Å². The molecule has 1 fully saturated rings. The minimum absolute atomic E-state index is 0.214. The first-order valence-electron chi connectivity index (χ1n) is 10.8. The van der Waals surface area contributed by atoms with Gasteiger partial charge < -0.3 is 19.3 Å².